The van der Waals surface area contributed by atoms with Gasteiger partial charge in [0, 0.05) is 41.8 Å². The SMILES string of the molecule is CCOC(=O)Cc1coc2ccc(C(=O)Nc3ccc(CN4CCOCC4)cc3)cc12. The number of esters is 1. The average Bonchev–Trinajstić information content (AvgIpc) is 3.18. The molecule has 0 radical (unpaired) electrons. The molecule has 0 saturated carbocycles. The highest BCUT2D eigenvalue weighted by Gasteiger charge is 2.15. The molecule has 7 nitrogen and oxygen atoms in total. The monoisotopic (exact) mass is 422 g/mol. The molecule has 31 heavy (non-hydrogen) atoms. The summed E-state index contributed by atoms with van der Waals surface area (Å²) in [5.74, 6) is -0.539. The van der Waals surface area contributed by atoms with E-state index in [9.17, 15) is 9.59 Å². The lowest BCUT2D eigenvalue weighted by Crippen LogP contribution is -2.35. The van der Waals surface area contributed by atoms with E-state index in [0.717, 1.165) is 43.9 Å². The van der Waals surface area contributed by atoms with E-state index in [2.05, 4.69) is 10.2 Å². The predicted molar refractivity (Wildman–Crippen MR) is 117 cm³/mol. The number of morpholine rings is 1. The summed E-state index contributed by atoms with van der Waals surface area (Å²) in [7, 11) is 0. The molecular weight excluding hydrogens is 396 g/mol. The van der Waals surface area contributed by atoms with Crippen molar-refractivity contribution in [1.29, 1.82) is 0 Å². The van der Waals surface area contributed by atoms with Crippen LogP contribution in [0.3, 0.4) is 0 Å². The molecule has 2 aromatic carbocycles. The van der Waals surface area contributed by atoms with E-state index in [4.69, 9.17) is 13.9 Å². The highest BCUT2D eigenvalue weighted by molar-refractivity contribution is 6.06. The Morgan fingerprint density at radius 3 is 2.61 bits per heavy atom. The van der Waals surface area contributed by atoms with Crippen LogP contribution in [0, 0.1) is 0 Å². The number of rotatable bonds is 7. The van der Waals surface area contributed by atoms with Crippen LogP contribution in [-0.2, 0) is 27.2 Å². The van der Waals surface area contributed by atoms with Crippen molar-refractivity contribution in [2.45, 2.75) is 19.9 Å². The second-order valence-corrected chi connectivity index (χ2v) is 7.49. The number of fused-ring (bicyclic) bond motifs is 1. The molecule has 1 saturated heterocycles. The number of hydrogen-bond acceptors (Lipinski definition) is 6. The first-order valence-corrected chi connectivity index (χ1v) is 10.5. The molecule has 1 N–H and O–H groups in total. The third kappa shape index (κ3) is 5.31. The lowest BCUT2D eigenvalue weighted by atomic mass is 10.1. The van der Waals surface area contributed by atoms with Crippen molar-refractivity contribution in [2.75, 3.05) is 38.2 Å². The second kappa shape index (κ2) is 9.76. The molecule has 1 aliphatic rings. The number of carbonyl (C=O) groups excluding carboxylic acids is 2. The Labute approximate surface area is 180 Å². The van der Waals surface area contributed by atoms with Gasteiger partial charge in [-0.05, 0) is 42.8 Å². The quantitative estimate of drug-likeness (QED) is 0.586. The van der Waals surface area contributed by atoms with Crippen LogP contribution in [0.1, 0.15) is 28.4 Å². The summed E-state index contributed by atoms with van der Waals surface area (Å²) in [6.45, 7) is 6.39. The third-order valence-corrected chi connectivity index (χ3v) is 5.28. The third-order valence-electron chi connectivity index (χ3n) is 5.28. The van der Waals surface area contributed by atoms with Crippen LogP contribution in [-0.4, -0.2) is 49.7 Å². The first-order chi connectivity index (χ1) is 15.1. The number of ether oxygens (including phenoxy) is 2. The van der Waals surface area contributed by atoms with Gasteiger partial charge in [-0.2, -0.15) is 0 Å². The molecule has 3 aromatic rings. The van der Waals surface area contributed by atoms with E-state index in [1.165, 1.54) is 11.8 Å². The second-order valence-electron chi connectivity index (χ2n) is 7.49. The molecule has 162 valence electrons. The Hall–Kier alpha value is -3.16. The van der Waals surface area contributed by atoms with Gasteiger partial charge < -0.3 is 19.2 Å². The molecule has 1 fully saturated rings. The van der Waals surface area contributed by atoms with Crippen LogP contribution in [0.15, 0.2) is 53.1 Å². The maximum Gasteiger partial charge on any atom is 0.310 e. The molecule has 0 spiro atoms. The van der Waals surface area contributed by atoms with Gasteiger partial charge in [-0.3, -0.25) is 14.5 Å². The standard InChI is InChI=1S/C24H26N2O5/c1-2-30-23(27)14-19-16-31-22-8-5-18(13-21(19)22)24(28)25-20-6-3-17(4-7-20)15-26-9-11-29-12-10-26/h3-8,13,16H,2,9-12,14-15H2,1H3,(H,25,28). The van der Waals surface area contributed by atoms with Gasteiger partial charge >= 0.3 is 5.97 Å². The largest absolute Gasteiger partial charge is 0.466 e. The lowest BCUT2D eigenvalue weighted by Gasteiger charge is -2.26. The van der Waals surface area contributed by atoms with Gasteiger partial charge in [0.2, 0.25) is 0 Å². The fourth-order valence-corrected chi connectivity index (χ4v) is 3.64. The van der Waals surface area contributed by atoms with Crippen molar-refractivity contribution < 1.29 is 23.5 Å². The smallest absolute Gasteiger partial charge is 0.310 e. The summed E-state index contributed by atoms with van der Waals surface area (Å²) in [5, 5.41) is 3.67. The highest BCUT2D eigenvalue weighted by Crippen LogP contribution is 2.24. The van der Waals surface area contributed by atoms with Crippen LogP contribution in [0.5, 0.6) is 0 Å². The molecule has 1 amide bonds. The van der Waals surface area contributed by atoms with Gasteiger partial charge in [0.25, 0.3) is 5.91 Å². The Morgan fingerprint density at radius 2 is 1.87 bits per heavy atom. The summed E-state index contributed by atoms with van der Waals surface area (Å²) in [6, 6.07) is 13.1. The van der Waals surface area contributed by atoms with Crippen LogP contribution < -0.4 is 5.32 Å². The molecule has 4 rings (SSSR count). The summed E-state index contributed by atoms with van der Waals surface area (Å²) in [4.78, 5) is 26.9. The molecule has 0 unspecified atom stereocenters. The minimum atomic E-state index is -0.322. The molecule has 1 aliphatic heterocycles. The summed E-state index contributed by atoms with van der Waals surface area (Å²) < 4.78 is 15.9. The molecule has 7 heteroatoms. The van der Waals surface area contributed by atoms with Crippen molar-refractivity contribution in [3.05, 3.63) is 65.4 Å². The number of nitrogens with one attached hydrogen (secondary N) is 1. The zero-order valence-corrected chi connectivity index (χ0v) is 17.6. The van der Waals surface area contributed by atoms with Crippen molar-refractivity contribution in [3.8, 4) is 0 Å². The van der Waals surface area contributed by atoms with E-state index < -0.39 is 0 Å². The Balaban J connectivity index is 1.42. The Morgan fingerprint density at radius 1 is 1.10 bits per heavy atom. The first kappa shape index (κ1) is 21.1. The predicted octanol–water partition coefficient (Wildman–Crippen LogP) is 3.62. The number of amides is 1. The molecule has 0 bridgehead atoms. The fraction of sp³-hybridized carbons (Fsp3) is 0.333. The van der Waals surface area contributed by atoms with Gasteiger partial charge in [-0.15, -0.1) is 0 Å². The maximum atomic E-state index is 12.8. The molecule has 1 aromatic heterocycles. The number of carbonyl (C=O) groups is 2. The van der Waals surface area contributed by atoms with Gasteiger partial charge in [0.05, 0.1) is 32.5 Å². The van der Waals surface area contributed by atoms with E-state index in [-0.39, 0.29) is 18.3 Å². The minimum absolute atomic E-state index is 0.108. The van der Waals surface area contributed by atoms with Crippen molar-refractivity contribution in [3.63, 3.8) is 0 Å². The lowest BCUT2D eigenvalue weighted by molar-refractivity contribution is -0.142. The van der Waals surface area contributed by atoms with Crippen molar-refractivity contribution >= 4 is 28.5 Å². The van der Waals surface area contributed by atoms with E-state index >= 15 is 0 Å². The Bertz CT molecular complexity index is 1050. The van der Waals surface area contributed by atoms with Crippen molar-refractivity contribution in [1.82, 2.24) is 4.90 Å². The van der Waals surface area contributed by atoms with E-state index in [1.54, 1.807) is 25.1 Å². The zero-order chi connectivity index (χ0) is 21.6. The van der Waals surface area contributed by atoms with Gasteiger partial charge in [-0.25, -0.2) is 0 Å². The van der Waals surface area contributed by atoms with Crippen LogP contribution in [0.4, 0.5) is 5.69 Å². The maximum absolute atomic E-state index is 12.8. The fourth-order valence-electron chi connectivity index (χ4n) is 3.64. The van der Waals surface area contributed by atoms with E-state index in [0.29, 0.717) is 23.3 Å². The van der Waals surface area contributed by atoms with Crippen LogP contribution in [0.25, 0.3) is 11.0 Å². The van der Waals surface area contributed by atoms with Crippen molar-refractivity contribution in [2.24, 2.45) is 0 Å². The summed E-state index contributed by atoms with van der Waals surface area (Å²) in [6.07, 6.45) is 1.65. The summed E-state index contributed by atoms with van der Waals surface area (Å²) in [5.41, 5.74) is 3.76. The minimum Gasteiger partial charge on any atom is -0.466 e. The number of benzene rings is 2. The average molecular weight is 422 g/mol. The van der Waals surface area contributed by atoms with Gasteiger partial charge in [0.1, 0.15) is 5.58 Å². The molecule has 0 atom stereocenters. The van der Waals surface area contributed by atoms with Gasteiger partial charge in [0.15, 0.2) is 0 Å². The molecular formula is C24H26N2O5. The highest BCUT2D eigenvalue weighted by atomic mass is 16.5. The number of furan rings is 1. The number of hydrogen-bond donors (Lipinski definition) is 1. The van der Waals surface area contributed by atoms with Crippen LogP contribution >= 0.6 is 0 Å². The number of nitrogens with zero attached hydrogens (tertiary/aromatic N) is 1. The molecule has 2 heterocycles. The zero-order valence-electron chi connectivity index (χ0n) is 17.6. The molecule has 0 aliphatic carbocycles. The van der Waals surface area contributed by atoms with Gasteiger partial charge in [-0.1, -0.05) is 12.1 Å². The number of anilines is 1. The Kier molecular flexibility index (Phi) is 6.64. The van der Waals surface area contributed by atoms with E-state index in [1.807, 2.05) is 24.3 Å². The first-order valence-electron chi connectivity index (χ1n) is 10.5. The summed E-state index contributed by atoms with van der Waals surface area (Å²) >= 11 is 0. The van der Waals surface area contributed by atoms with Crippen LogP contribution in [0.2, 0.25) is 0 Å². The normalized spacial score (nSPS) is 14.5. The topological polar surface area (TPSA) is 81.0 Å².